The van der Waals surface area contributed by atoms with Gasteiger partial charge >= 0.3 is 0 Å². The number of amides is 1. The van der Waals surface area contributed by atoms with Crippen LogP contribution in [0.4, 0.5) is 10.1 Å². The van der Waals surface area contributed by atoms with Crippen molar-refractivity contribution < 1.29 is 22.5 Å². The molecular weight excluding hydrogens is 381 g/mol. The summed E-state index contributed by atoms with van der Waals surface area (Å²) < 4.78 is 41.4. The Balaban J connectivity index is 1.46. The number of hydrogen-bond donors (Lipinski definition) is 2. The number of nitrogens with zero attached hydrogens (tertiary/aromatic N) is 1. The average Bonchev–Trinajstić information content (AvgIpc) is 2.97. The largest absolute Gasteiger partial charge is 0.329 e. The summed E-state index contributed by atoms with van der Waals surface area (Å²) in [7, 11) is -3.62. The molecule has 2 aromatic rings. The van der Waals surface area contributed by atoms with Gasteiger partial charge in [0.1, 0.15) is 12.4 Å². The van der Waals surface area contributed by atoms with Crippen LogP contribution in [-0.2, 0) is 21.4 Å². The molecule has 1 saturated heterocycles. The van der Waals surface area contributed by atoms with Crippen LogP contribution in [0.2, 0.25) is 0 Å². The van der Waals surface area contributed by atoms with Gasteiger partial charge in [0.05, 0.1) is 37.0 Å². The van der Waals surface area contributed by atoms with E-state index in [4.69, 9.17) is 0 Å². The van der Waals surface area contributed by atoms with Gasteiger partial charge in [-0.3, -0.25) is 4.79 Å². The number of piperazine rings is 1. The van der Waals surface area contributed by atoms with E-state index >= 15 is 0 Å². The van der Waals surface area contributed by atoms with E-state index in [0.717, 1.165) is 10.5 Å². The van der Waals surface area contributed by atoms with Crippen molar-refractivity contribution in [3.8, 4) is 0 Å². The van der Waals surface area contributed by atoms with Crippen LogP contribution in [0, 0.1) is 5.82 Å². The molecule has 1 atom stereocenters. The molecule has 148 valence electrons. The lowest BCUT2D eigenvalue weighted by Crippen LogP contribution is -3.13. The minimum absolute atomic E-state index is 0.116. The fraction of sp³-hybridized carbons (Fsp3) is 0.350. The first kappa shape index (κ1) is 19.0. The van der Waals surface area contributed by atoms with Crippen LogP contribution >= 0.6 is 0 Å². The summed E-state index contributed by atoms with van der Waals surface area (Å²) in [5.41, 5.74) is 2.05. The first-order valence-electron chi connectivity index (χ1n) is 9.38. The minimum Gasteiger partial charge on any atom is -0.329 e. The van der Waals surface area contributed by atoms with Crippen LogP contribution in [0.3, 0.4) is 0 Å². The molecule has 2 N–H and O–H groups in total. The van der Waals surface area contributed by atoms with Gasteiger partial charge in [-0.15, -0.1) is 0 Å². The van der Waals surface area contributed by atoms with Crippen molar-refractivity contribution in [2.75, 3.05) is 31.5 Å². The summed E-state index contributed by atoms with van der Waals surface area (Å²) in [6.07, 6.45) is 0. The zero-order valence-corrected chi connectivity index (χ0v) is 16.4. The van der Waals surface area contributed by atoms with Crippen LogP contribution in [0.1, 0.15) is 24.0 Å². The third-order valence-corrected chi connectivity index (χ3v) is 7.50. The number of carbonyl (C=O) groups is 1. The Morgan fingerprint density at radius 1 is 1.18 bits per heavy atom. The number of rotatable bonds is 4. The number of nitrogens with one attached hydrogen (secondary N) is 2. The van der Waals surface area contributed by atoms with Gasteiger partial charge in [-0.25, -0.2) is 12.8 Å². The van der Waals surface area contributed by atoms with Gasteiger partial charge in [-0.2, -0.15) is 4.31 Å². The quantitative estimate of drug-likeness (QED) is 0.798. The van der Waals surface area contributed by atoms with E-state index in [-0.39, 0.29) is 22.5 Å². The second-order valence-corrected chi connectivity index (χ2v) is 9.32. The second kappa shape index (κ2) is 7.27. The van der Waals surface area contributed by atoms with Gasteiger partial charge in [0.15, 0.2) is 0 Å². The fourth-order valence-electron chi connectivity index (χ4n) is 3.84. The molecule has 0 spiro atoms. The highest BCUT2D eigenvalue weighted by Gasteiger charge is 2.33. The van der Waals surface area contributed by atoms with E-state index < -0.39 is 10.0 Å². The Morgan fingerprint density at radius 3 is 2.61 bits per heavy atom. The molecule has 1 amide bonds. The highest BCUT2D eigenvalue weighted by atomic mass is 32.2. The first-order valence-corrected chi connectivity index (χ1v) is 10.8. The number of quaternary nitrogens is 1. The number of hydrogen-bond acceptors (Lipinski definition) is 3. The topological polar surface area (TPSA) is 70.9 Å². The van der Waals surface area contributed by atoms with Crippen molar-refractivity contribution >= 4 is 21.6 Å². The van der Waals surface area contributed by atoms with Gasteiger partial charge in [-0.1, -0.05) is 18.2 Å². The number of sulfonamides is 1. The highest BCUT2D eigenvalue weighted by Crippen LogP contribution is 2.34. The lowest BCUT2D eigenvalue weighted by Gasteiger charge is -2.31. The smallest absolute Gasteiger partial charge is 0.243 e. The molecule has 0 aliphatic carbocycles. The zero-order chi connectivity index (χ0) is 19.9. The first-order chi connectivity index (χ1) is 13.4. The molecule has 8 heteroatoms. The highest BCUT2D eigenvalue weighted by molar-refractivity contribution is 7.89. The van der Waals surface area contributed by atoms with E-state index in [2.05, 4.69) is 5.32 Å². The number of anilines is 1. The van der Waals surface area contributed by atoms with Crippen LogP contribution < -0.4 is 10.2 Å². The summed E-state index contributed by atoms with van der Waals surface area (Å²) in [4.78, 5) is 13.2. The monoisotopic (exact) mass is 404 g/mol. The number of carbonyl (C=O) groups excluding carboxylic acids is 1. The maximum atomic E-state index is 13.9. The summed E-state index contributed by atoms with van der Waals surface area (Å²) in [5.74, 6) is -0.692. The molecule has 6 nitrogen and oxygen atoms in total. The Labute approximate surface area is 164 Å². The van der Waals surface area contributed by atoms with Gasteiger partial charge < -0.3 is 10.2 Å². The molecule has 0 aromatic heterocycles. The van der Waals surface area contributed by atoms with Gasteiger partial charge in [0.25, 0.3) is 0 Å². The van der Waals surface area contributed by atoms with Gasteiger partial charge in [0.2, 0.25) is 15.9 Å². The van der Waals surface area contributed by atoms with Crippen molar-refractivity contribution in [2.24, 2.45) is 0 Å². The van der Waals surface area contributed by atoms with Crippen LogP contribution in [-0.4, -0.2) is 44.8 Å². The fourth-order valence-corrected chi connectivity index (χ4v) is 5.31. The molecule has 0 unspecified atom stereocenters. The van der Waals surface area contributed by atoms with Crippen molar-refractivity contribution in [2.45, 2.75) is 24.3 Å². The Bertz CT molecular complexity index is 1020. The van der Waals surface area contributed by atoms with E-state index in [1.54, 1.807) is 37.3 Å². The number of fused-ring (bicyclic) bond motifs is 1. The molecule has 0 saturated carbocycles. The SMILES string of the molecule is C[C@H]1C(=O)Nc2ccc(S(=O)(=O)N3CC[NH+](Cc4ccccc4F)CC3)cc21. The Morgan fingerprint density at radius 2 is 1.89 bits per heavy atom. The van der Waals surface area contributed by atoms with E-state index in [1.165, 1.54) is 10.4 Å². The molecule has 28 heavy (non-hydrogen) atoms. The summed E-state index contributed by atoms with van der Waals surface area (Å²) in [5, 5.41) is 2.76. The predicted molar refractivity (Wildman–Crippen MR) is 103 cm³/mol. The second-order valence-electron chi connectivity index (χ2n) is 7.38. The van der Waals surface area contributed by atoms with Gasteiger partial charge in [0, 0.05) is 11.3 Å². The maximum absolute atomic E-state index is 13.9. The number of halogens is 1. The summed E-state index contributed by atoms with van der Waals surface area (Å²) in [6.45, 7) is 4.32. The third kappa shape index (κ3) is 3.43. The van der Waals surface area contributed by atoms with E-state index in [0.29, 0.717) is 44.0 Å². The number of benzene rings is 2. The van der Waals surface area contributed by atoms with Gasteiger partial charge in [-0.05, 0) is 36.8 Å². The molecule has 2 aromatic carbocycles. The van der Waals surface area contributed by atoms with Crippen LogP contribution in [0.5, 0.6) is 0 Å². The summed E-state index contributed by atoms with van der Waals surface area (Å²) >= 11 is 0. The van der Waals surface area contributed by atoms with Crippen molar-refractivity contribution in [1.82, 2.24) is 4.31 Å². The zero-order valence-electron chi connectivity index (χ0n) is 15.6. The van der Waals surface area contributed by atoms with E-state index in [1.807, 2.05) is 6.07 Å². The van der Waals surface area contributed by atoms with Crippen molar-refractivity contribution in [1.29, 1.82) is 0 Å². The maximum Gasteiger partial charge on any atom is 0.243 e. The Hall–Kier alpha value is -2.29. The normalized spacial score (nSPS) is 20.8. The van der Waals surface area contributed by atoms with Crippen LogP contribution in [0.25, 0.3) is 0 Å². The van der Waals surface area contributed by atoms with Crippen molar-refractivity contribution in [3.05, 3.63) is 59.4 Å². The molecule has 0 bridgehead atoms. The standard InChI is InChI=1S/C20H22FN3O3S/c1-14-17-12-16(6-7-19(17)22-20(14)25)28(26,27)24-10-8-23(9-11-24)13-15-4-2-3-5-18(15)21/h2-7,12,14H,8-11,13H2,1H3,(H,22,25)/p+1/t14-/m1/s1. The molecule has 2 aliphatic heterocycles. The molecular formula is C20H23FN3O3S+. The lowest BCUT2D eigenvalue weighted by atomic mass is 10.0. The third-order valence-electron chi connectivity index (χ3n) is 5.61. The summed E-state index contributed by atoms with van der Waals surface area (Å²) in [6, 6.07) is 11.5. The van der Waals surface area contributed by atoms with E-state index in [9.17, 15) is 17.6 Å². The average molecular weight is 404 g/mol. The molecule has 4 rings (SSSR count). The molecule has 0 radical (unpaired) electrons. The molecule has 1 fully saturated rings. The molecule has 2 aliphatic rings. The van der Waals surface area contributed by atoms with Crippen LogP contribution in [0.15, 0.2) is 47.4 Å². The predicted octanol–water partition coefficient (Wildman–Crippen LogP) is 0.971. The lowest BCUT2D eigenvalue weighted by molar-refractivity contribution is -0.917. The van der Waals surface area contributed by atoms with Crippen molar-refractivity contribution in [3.63, 3.8) is 0 Å². The molecule has 2 heterocycles. The Kier molecular flexibility index (Phi) is 4.95. The minimum atomic E-state index is -3.62.